The zero-order valence-corrected chi connectivity index (χ0v) is 12.3. The standard InChI is InChI=1S/C16H20O5/c1-3-4-5-11-10(7-9-13(17)20-2)6-8-12-14(11)15(18)16(19)21-12/h6,8,15,18H,3-5,7,9H2,1-2H3. The predicted molar refractivity (Wildman–Crippen MR) is 76.0 cm³/mol. The maximum Gasteiger partial charge on any atom is 0.345 e. The van der Waals surface area contributed by atoms with Gasteiger partial charge in [0.15, 0.2) is 6.10 Å². The fraction of sp³-hybridized carbons (Fsp3) is 0.500. The van der Waals surface area contributed by atoms with Crippen LogP contribution in [-0.2, 0) is 27.2 Å². The van der Waals surface area contributed by atoms with E-state index in [4.69, 9.17) is 4.74 Å². The van der Waals surface area contributed by atoms with Crippen molar-refractivity contribution in [1.29, 1.82) is 0 Å². The van der Waals surface area contributed by atoms with Crippen molar-refractivity contribution in [1.82, 2.24) is 0 Å². The van der Waals surface area contributed by atoms with Crippen LogP contribution in [0.3, 0.4) is 0 Å². The van der Waals surface area contributed by atoms with Gasteiger partial charge in [0.2, 0.25) is 0 Å². The average Bonchev–Trinajstić information content (AvgIpc) is 2.78. The van der Waals surface area contributed by atoms with Crippen molar-refractivity contribution in [3.63, 3.8) is 0 Å². The lowest BCUT2D eigenvalue weighted by Crippen LogP contribution is -2.11. The third-order valence-electron chi connectivity index (χ3n) is 3.73. The molecule has 0 aliphatic carbocycles. The van der Waals surface area contributed by atoms with E-state index < -0.39 is 12.1 Å². The van der Waals surface area contributed by atoms with Crippen molar-refractivity contribution in [2.45, 2.75) is 45.1 Å². The van der Waals surface area contributed by atoms with Crippen LogP contribution in [0, 0.1) is 0 Å². The van der Waals surface area contributed by atoms with Crippen molar-refractivity contribution in [2.24, 2.45) is 0 Å². The molecule has 2 rings (SSSR count). The van der Waals surface area contributed by atoms with Gasteiger partial charge in [-0.2, -0.15) is 0 Å². The number of methoxy groups -OCH3 is 1. The number of unbranched alkanes of at least 4 members (excludes halogenated alkanes) is 1. The average molecular weight is 292 g/mol. The Morgan fingerprint density at radius 3 is 2.81 bits per heavy atom. The summed E-state index contributed by atoms with van der Waals surface area (Å²) < 4.78 is 9.72. The van der Waals surface area contributed by atoms with Gasteiger partial charge in [-0.15, -0.1) is 0 Å². The van der Waals surface area contributed by atoms with Crippen molar-refractivity contribution >= 4 is 11.9 Å². The van der Waals surface area contributed by atoms with Gasteiger partial charge in [-0.3, -0.25) is 4.79 Å². The summed E-state index contributed by atoms with van der Waals surface area (Å²) in [6, 6.07) is 3.55. The second-order valence-corrected chi connectivity index (χ2v) is 5.12. The van der Waals surface area contributed by atoms with E-state index in [2.05, 4.69) is 11.7 Å². The molecule has 1 heterocycles. The van der Waals surface area contributed by atoms with E-state index in [9.17, 15) is 14.7 Å². The molecule has 1 unspecified atom stereocenters. The number of aliphatic hydroxyl groups excluding tert-OH is 1. The zero-order valence-electron chi connectivity index (χ0n) is 12.3. The fourth-order valence-electron chi connectivity index (χ4n) is 2.58. The normalized spacial score (nSPS) is 16.5. The van der Waals surface area contributed by atoms with Crippen molar-refractivity contribution in [2.75, 3.05) is 7.11 Å². The number of hydrogen-bond acceptors (Lipinski definition) is 5. The molecule has 0 amide bonds. The van der Waals surface area contributed by atoms with Gasteiger partial charge in [0.1, 0.15) is 5.75 Å². The molecular weight excluding hydrogens is 272 g/mol. The second kappa shape index (κ2) is 6.72. The first-order chi connectivity index (χ1) is 10.1. The molecule has 1 aromatic carbocycles. The number of hydrogen-bond donors (Lipinski definition) is 1. The molecule has 0 fully saturated rings. The molecule has 1 aliphatic heterocycles. The number of esters is 2. The number of ether oxygens (including phenoxy) is 2. The third-order valence-corrected chi connectivity index (χ3v) is 3.73. The highest BCUT2D eigenvalue weighted by Gasteiger charge is 2.34. The molecule has 0 saturated carbocycles. The molecule has 0 saturated heterocycles. The molecule has 5 heteroatoms. The molecule has 0 bridgehead atoms. The van der Waals surface area contributed by atoms with Crippen LogP contribution >= 0.6 is 0 Å². The third kappa shape index (κ3) is 3.24. The first kappa shape index (κ1) is 15.5. The molecule has 21 heavy (non-hydrogen) atoms. The highest BCUT2D eigenvalue weighted by molar-refractivity contribution is 5.85. The van der Waals surface area contributed by atoms with Crippen LogP contribution < -0.4 is 4.74 Å². The molecule has 1 N–H and O–H groups in total. The van der Waals surface area contributed by atoms with Crippen LogP contribution in [0.1, 0.15) is 49.0 Å². The summed E-state index contributed by atoms with van der Waals surface area (Å²) in [5, 5.41) is 10.0. The van der Waals surface area contributed by atoms with E-state index in [0.29, 0.717) is 17.7 Å². The molecule has 0 spiro atoms. The lowest BCUT2D eigenvalue weighted by atomic mass is 9.91. The van der Waals surface area contributed by atoms with Crippen molar-refractivity contribution in [3.05, 3.63) is 28.8 Å². The minimum atomic E-state index is -1.22. The topological polar surface area (TPSA) is 72.8 Å². The largest absolute Gasteiger partial charge is 0.469 e. The summed E-state index contributed by atoms with van der Waals surface area (Å²) in [5.74, 6) is -0.474. The van der Waals surface area contributed by atoms with E-state index >= 15 is 0 Å². The lowest BCUT2D eigenvalue weighted by molar-refractivity contribution is -0.141. The molecule has 114 valence electrons. The predicted octanol–water partition coefficient (Wildman–Crippen LogP) is 2.09. The Morgan fingerprint density at radius 2 is 2.14 bits per heavy atom. The number of benzene rings is 1. The second-order valence-electron chi connectivity index (χ2n) is 5.12. The number of carbonyl (C=O) groups excluding carboxylic acids is 2. The molecule has 1 aliphatic rings. The van der Waals surface area contributed by atoms with E-state index in [1.165, 1.54) is 7.11 Å². The summed E-state index contributed by atoms with van der Waals surface area (Å²) in [6.45, 7) is 2.08. The Morgan fingerprint density at radius 1 is 1.38 bits per heavy atom. The molecular formula is C16H20O5. The van der Waals surface area contributed by atoms with Crippen LogP contribution in [0.5, 0.6) is 5.75 Å². The fourth-order valence-corrected chi connectivity index (χ4v) is 2.58. The molecule has 5 nitrogen and oxygen atoms in total. The number of rotatable bonds is 6. The van der Waals surface area contributed by atoms with Gasteiger partial charge in [0, 0.05) is 12.0 Å². The highest BCUT2D eigenvalue weighted by Crippen LogP contribution is 2.38. The van der Waals surface area contributed by atoms with E-state index in [0.717, 1.165) is 30.4 Å². The summed E-state index contributed by atoms with van der Waals surface area (Å²) >= 11 is 0. The highest BCUT2D eigenvalue weighted by atomic mass is 16.6. The van der Waals surface area contributed by atoms with Crippen LogP contribution in [0.4, 0.5) is 0 Å². The zero-order chi connectivity index (χ0) is 15.4. The van der Waals surface area contributed by atoms with Gasteiger partial charge < -0.3 is 14.6 Å². The molecule has 1 aromatic rings. The summed E-state index contributed by atoms with van der Waals surface area (Å²) in [7, 11) is 1.36. The summed E-state index contributed by atoms with van der Waals surface area (Å²) in [6.07, 6.45) is 2.29. The lowest BCUT2D eigenvalue weighted by Gasteiger charge is -2.14. The summed E-state index contributed by atoms with van der Waals surface area (Å²) in [5.41, 5.74) is 2.46. The van der Waals surface area contributed by atoms with E-state index in [1.807, 2.05) is 6.07 Å². The molecule has 0 aromatic heterocycles. The quantitative estimate of drug-likeness (QED) is 0.642. The Bertz CT molecular complexity index is 550. The van der Waals surface area contributed by atoms with Gasteiger partial charge >= 0.3 is 11.9 Å². The molecule has 1 atom stereocenters. The Hall–Kier alpha value is -1.88. The van der Waals surface area contributed by atoms with Crippen LogP contribution in [-0.4, -0.2) is 24.2 Å². The van der Waals surface area contributed by atoms with Gasteiger partial charge in [-0.05, 0) is 36.5 Å². The van der Waals surface area contributed by atoms with Crippen molar-refractivity contribution in [3.8, 4) is 5.75 Å². The van der Waals surface area contributed by atoms with Crippen molar-refractivity contribution < 1.29 is 24.2 Å². The maximum atomic E-state index is 11.5. The van der Waals surface area contributed by atoms with Gasteiger partial charge in [0.25, 0.3) is 0 Å². The number of carbonyl (C=O) groups is 2. The monoisotopic (exact) mass is 292 g/mol. The van der Waals surface area contributed by atoms with Crippen LogP contribution in [0.25, 0.3) is 0 Å². The smallest absolute Gasteiger partial charge is 0.345 e. The molecule has 0 radical (unpaired) electrons. The van der Waals surface area contributed by atoms with E-state index in [-0.39, 0.29) is 12.4 Å². The Labute approximate surface area is 123 Å². The SMILES string of the molecule is CCCCc1c(CCC(=O)OC)ccc2c1C(O)C(=O)O2. The van der Waals surface area contributed by atoms with Crippen LogP contribution in [0.2, 0.25) is 0 Å². The number of aryl methyl sites for hydroxylation is 1. The number of fused-ring (bicyclic) bond motifs is 1. The number of aliphatic hydroxyl groups is 1. The van der Waals surface area contributed by atoms with Crippen LogP contribution in [0.15, 0.2) is 12.1 Å². The van der Waals surface area contributed by atoms with Gasteiger partial charge in [-0.1, -0.05) is 19.4 Å². The summed E-state index contributed by atoms with van der Waals surface area (Å²) in [4.78, 5) is 22.8. The minimum absolute atomic E-state index is 0.273. The van der Waals surface area contributed by atoms with Gasteiger partial charge in [-0.25, -0.2) is 4.79 Å². The van der Waals surface area contributed by atoms with E-state index in [1.54, 1.807) is 6.07 Å². The first-order valence-corrected chi connectivity index (χ1v) is 7.19. The minimum Gasteiger partial charge on any atom is -0.469 e. The first-order valence-electron chi connectivity index (χ1n) is 7.19. The van der Waals surface area contributed by atoms with Gasteiger partial charge in [0.05, 0.1) is 7.11 Å². The Kier molecular flexibility index (Phi) is 4.96. The Balaban J connectivity index is 2.32. The maximum absolute atomic E-state index is 11.5.